The zero-order chi connectivity index (χ0) is 16.4. The second-order valence-corrected chi connectivity index (χ2v) is 6.60. The number of aromatic amines is 1. The number of fused-ring (bicyclic) bond motifs is 1. The number of benzene rings is 2. The van der Waals surface area contributed by atoms with Gasteiger partial charge < -0.3 is 4.98 Å². The summed E-state index contributed by atoms with van der Waals surface area (Å²) < 4.78 is 0. The number of para-hydroxylation sites is 2. The van der Waals surface area contributed by atoms with E-state index in [0.29, 0.717) is 6.04 Å². The molecule has 124 valence electrons. The Morgan fingerprint density at radius 2 is 1.67 bits per heavy atom. The van der Waals surface area contributed by atoms with Crippen LogP contribution in [0.4, 0.5) is 0 Å². The summed E-state index contributed by atoms with van der Waals surface area (Å²) in [4.78, 5) is 13.2. The molecule has 0 bridgehead atoms. The lowest BCUT2D eigenvalue weighted by Crippen LogP contribution is -2.46. The highest BCUT2D eigenvalue weighted by molar-refractivity contribution is 5.74. The lowest BCUT2D eigenvalue weighted by atomic mass is 10.1. The van der Waals surface area contributed by atoms with Crippen LogP contribution in [0.2, 0.25) is 0 Å². The number of nitrogens with zero attached hydrogens (tertiary/aromatic N) is 3. The number of aromatic nitrogens is 2. The Labute approximate surface area is 143 Å². The fraction of sp³-hybridized carbons (Fsp3) is 0.350. The summed E-state index contributed by atoms with van der Waals surface area (Å²) in [6.07, 6.45) is 0. The van der Waals surface area contributed by atoms with Crippen LogP contribution in [0.5, 0.6) is 0 Å². The van der Waals surface area contributed by atoms with Gasteiger partial charge in [-0.25, -0.2) is 4.98 Å². The van der Waals surface area contributed by atoms with Crippen molar-refractivity contribution in [1.29, 1.82) is 0 Å². The minimum Gasteiger partial charge on any atom is -0.341 e. The van der Waals surface area contributed by atoms with E-state index in [9.17, 15) is 0 Å². The largest absolute Gasteiger partial charge is 0.341 e. The van der Waals surface area contributed by atoms with Crippen molar-refractivity contribution >= 4 is 11.0 Å². The van der Waals surface area contributed by atoms with E-state index in [4.69, 9.17) is 4.98 Å². The molecular formula is C20H24N4. The summed E-state index contributed by atoms with van der Waals surface area (Å²) in [5.74, 6) is 1.07. The predicted octanol–water partition coefficient (Wildman–Crippen LogP) is 3.44. The van der Waals surface area contributed by atoms with Crippen LogP contribution in [0.15, 0.2) is 54.6 Å². The summed E-state index contributed by atoms with van der Waals surface area (Å²) in [5, 5.41) is 0. The minimum atomic E-state index is 0.486. The molecule has 1 aliphatic rings. The smallest absolute Gasteiger partial charge is 0.121 e. The van der Waals surface area contributed by atoms with Crippen molar-refractivity contribution in [3.05, 3.63) is 66.0 Å². The van der Waals surface area contributed by atoms with Gasteiger partial charge in [0.15, 0.2) is 0 Å². The maximum absolute atomic E-state index is 4.70. The van der Waals surface area contributed by atoms with Gasteiger partial charge in [-0.1, -0.05) is 42.5 Å². The Hall–Kier alpha value is -2.17. The Kier molecular flexibility index (Phi) is 4.32. The average Bonchev–Trinajstić information content (AvgIpc) is 3.05. The number of nitrogens with one attached hydrogen (secondary N) is 1. The van der Waals surface area contributed by atoms with Gasteiger partial charge in [0.25, 0.3) is 0 Å². The molecule has 0 unspecified atom stereocenters. The molecule has 2 heterocycles. The Morgan fingerprint density at radius 1 is 0.958 bits per heavy atom. The Morgan fingerprint density at radius 3 is 2.42 bits per heavy atom. The van der Waals surface area contributed by atoms with E-state index in [1.807, 2.05) is 12.1 Å². The van der Waals surface area contributed by atoms with Crippen molar-refractivity contribution in [2.45, 2.75) is 19.5 Å². The highest BCUT2D eigenvalue weighted by atomic mass is 15.3. The normalized spacial score (nSPS) is 18.0. The molecule has 4 nitrogen and oxygen atoms in total. The summed E-state index contributed by atoms with van der Waals surface area (Å²) in [7, 11) is 0. The molecule has 1 atom stereocenters. The molecule has 2 aromatic carbocycles. The third-order valence-corrected chi connectivity index (χ3v) is 5.05. The first kappa shape index (κ1) is 15.4. The monoisotopic (exact) mass is 320 g/mol. The van der Waals surface area contributed by atoms with Gasteiger partial charge in [0.2, 0.25) is 0 Å². The van der Waals surface area contributed by atoms with Crippen molar-refractivity contribution in [3.8, 4) is 0 Å². The van der Waals surface area contributed by atoms with Crippen LogP contribution in [0.25, 0.3) is 11.0 Å². The van der Waals surface area contributed by atoms with Gasteiger partial charge in [-0.05, 0) is 24.6 Å². The number of H-pyrrole nitrogens is 1. The van der Waals surface area contributed by atoms with Gasteiger partial charge in [-0.15, -0.1) is 0 Å². The van der Waals surface area contributed by atoms with Crippen LogP contribution >= 0.6 is 0 Å². The molecule has 24 heavy (non-hydrogen) atoms. The van der Waals surface area contributed by atoms with Crippen molar-refractivity contribution in [3.63, 3.8) is 0 Å². The summed E-state index contributed by atoms with van der Waals surface area (Å²) in [5.41, 5.74) is 3.59. The zero-order valence-corrected chi connectivity index (χ0v) is 14.2. The van der Waals surface area contributed by atoms with Gasteiger partial charge in [0.05, 0.1) is 17.6 Å². The molecule has 1 aliphatic heterocycles. The molecule has 0 amide bonds. The first-order valence-electron chi connectivity index (χ1n) is 8.74. The first-order chi connectivity index (χ1) is 11.8. The fourth-order valence-electron chi connectivity index (χ4n) is 3.54. The van der Waals surface area contributed by atoms with Gasteiger partial charge in [-0.3, -0.25) is 9.80 Å². The summed E-state index contributed by atoms with van der Waals surface area (Å²) in [6, 6.07) is 19.5. The lowest BCUT2D eigenvalue weighted by Gasteiger charge is -2.37. The maximum Gasteiger partial charge on any atom is 0.121 e. The molecule has 1 fully saturated rings. The molecule has 1 N–H and O–H groups in total. The molecule has 1 saturated heterocycles. The predicted molar refractivity (Wildman–Crippen MR) is 97.8 cm³/mol. The summed E-state index contributed by atoms with van der Waals surface area (Å²) >= 11 is 0. The van der Waals surface area contributed by atoms with Gasteiger partial charge in [0.1, 0.15) is 5.82 Å². The van der Waals surface area contributed by atoms with Gasteiger partial charge >= 0.3 is 0 Å². The molecule has 0 spiro atoms. The molecule has 0 radical (unpaired) electrons. The molecule has 1 aromatic heterocycles. The van der Waals surface area contributed by atoms with Crippen LogP contribution in [0.3, 0.4) is 0 Å². The molecule has 4 heteroatoms. The molecule has 0 saturated carbocycles. The number of piperazine rings is 1. The van der Waals surface area contributed by atoms with E-state index in [2.05, 4.69) is 64.2 Å². The highest BCUT2D eigenvalue weighted by Gasteiger charge is 2.22. The molecule has 0 aliphatic carbocycles. The minimum absolute atomic E-state index is 0.486. The van der Waals surface area contributed by atoms with Crippen molar-refractivity contribution in [2.75, 3.05) is 26.2 Å². The number of hydrogen-bond donors (Lipinski definition) is 1. The van der Waals surface area contributed by atoms with Crippen molar-refractivity contribution in [1.82, 2.24) is 19.8 Å². The zero-order valence-electron chi connectivity index (χ0n) is 14.2. The van der Waals surface area contributed by atoms with E-state index < -0.39 is 0 Å². The third-order valence-electron chi connectivity index (χ3n) is 5.05. The van der Waals surface area contributed by atoms with E-state index >= 15 is 0 Å². The van der Waals surface area contributed by atoms with Gasteiger partial charge in [0, 0.05) is 32.2 Å². The van der Waals surface area contributed by atoms with Crippen LogP contribution in [-0.2, 0) is 6.54 Å². The quantitative estimate of drug-likeness (QED) is 0.800. The molecular weight excluding hydrogens is 296 g/mol. The van der Waals surface area contributed by atoms with E-state index in [1.54, 1.807) is 0 Å². The van der Waals surface area contributed by atoms with E-state index in [-0.39, 0.29) is 0 Å². The average molecular weight is 320 g/mol. The van der Waals surface area contributed by atoms with Crippen LogP contribution < -0.4 is 0 Å². The number of hydrogen-bond acceptors (Lipinski definition) is 3. The standard InChI is InChI=1S/C20H24N4/c1-16(17-7-3-2-4-8-17)24-13-11-23(12-14-24)15-20-21-18-9-5-6-10-19(18)22-20/h2-10,16H,11-15H2,1H3,(H,21,22)/t16-/m1/s1. The van der Waals surface area contributed by atoms with Gasteiger partial charge in [-0.2, -0.15) is 0 Å². The highest BCUT2D eigenvalue weighted by Crippen LogP contribution is 2.21. The van der Waals surface area contributed by atoms with Crippen LogP contribution in [-0.4, -0.2) is 45.9 Å². The lowest BCUT2D eigenvalue weighted by molar-refractivity contribution is 0.0964. The molecule has 4 rings (SSSR count). The second kappa shape index (κ2) is 6.75. The topological polar surface area (TPSA) is 35.2 Å². The fourth-order valence-corrected chi connectivity index (χ4v) is 3.54. The van der Waals surface area contributed by atoms with Crippen molar-refractivity contribution in [2.24, 2.45) is 0 Å². The van der Waals surface area contributed by atoms with E-state index in [1.165, 1.54) is 5.56 Å². The maximum atomic E-state index is 4.70. The van der Waals surface area contributed by atoms with Crippen molar-refractivity contribution < 1.29 is 0 Å². The Bertz CT molecular complexity index is 755. The number of rotatable bonds is 4. The summed E-state index contributed by atoms with van der Waals surface area (Å²) in [6.45, 7) is 7.61. The number of imidazole rings is 1. The second-order valence-electron chi connectivity index (χ2n) is 6.60. The first-order valence-corrected chi connectivity index (χ1v) is 8.74. The molecule has 3 aromatic rings. The Balaban J connectivity index is 1.36. The third kappa shape index (κ3) is 3.21. The van der Waals surface area contributed by atoms with E-state index in [0.717, 1.165) is 49.6 Å². The SMILES string of the molecule is C[C@H](c1ccccc1)N1CCN(Cc2nc3ccccc3[nH]2)CC1. The van der Waals surface area contributed by atoms with Crippen LogP contribution in [0, 0.1) is 0 Å². The van der Waals surface area contributed by atoms with Crippen LogP contribution in [0.1, 0.15) is 24.4 Å².